The number of aromatic nitrogens is 2. The van der Waals surface area contributed by atoms with E-state index in [4.69, 9.17) is 20.9 Å². The van der Waals surface area contributed by atoms with Gasteiger partial charge in [0.2, 0.25) is 5.95 Å². The third-order valence-corrected chi connectivity index (χ3v) is 5.67. The Balaban J connectivity index is 2.24. The van der Waals surface area contributed by atoms with Gasteiger partial charge < -0.3 is 20.9 Å². The molecule has 1 aromatic heterocycles. The smallest absolute Gasteiger partial charge is 0.222 e. The number of anilines is 2. The molecule has 2 aromatic carbocycles. The Morgan fingerprint density at radius 2 is 1.68 bits per heavy atom. The summed E-state index contributed by atoms with van der Waals surface area (Å²) in [7, 11) is -2.22. The highest BCUT2D eigenvalue weighted by Crippen LogP contribution is 2.42. The van der Waals surface area contributed by atoms with Crippen LogP contribution in [0.15, 0.2) is 41.3 Å². The van der Waals surface area contributed by atoms with Crippen molar-refractivity contribution >= 4 is 21.6 Å². The zero-order chi connectivity index (χ0) is 22.9. The van der Waals surface area contributed by atoms with Gasteiger partial charge in [0.05, 0.1) is 7.11 Å². The lowest BCUT2D eigenvalue weighted by molar-refractivity contribution is 0.398. The first kappa shape index (κ1) is 22.3. The first-order chi connectivity index (χ1) is 14.5. The maximum Gasteiger partial charge on any atom is 0.222 e. The lowest BCUT2D eigenvalue weighted by atomic mass is 10.0. The summed E-state index contributed by atoms with van der Waals surface area (Å²) in [6.45, 7) is 3.84. The van der Waals surface area contributed by atoms with Gasteiger partial charge in [-0.3, -0.25) is 0 Å². The van der Waals surface area contributed by atoms with Crippen molar-refractivity contribution in [2.24, 2.45) is 0 Å². The minimum absolute atomic E-state index is 0.0346. The lowest BCUT2D eigenvalue weighted by Gasteiger charge is -2.19. The molecule has 10 heteroatoms. The van der Waals surface area contributed by atoms with Gasteiger partial charge in [-0.05, 0) is 36.2 Å². The Morgan fingerprint density at radius 1 is 1.03 bits per heavy atom. The van der Waals surface area contributed by atoms with E-state index < -0.39 is 15.7 Å². The van der Waals surface area contributed by atoms with E-state index in [9.17, 15) is 12.8 Å². The molecule has 0 amide bonds. The second-order valence-electron chi connectivity index (χ2n) is 7.22. The number of hydrogen-bond donors (Lipinski definition) is 2. The zero-order valence-electron chi connectivity index (χ0n) is 17.5. The number of hydrogen-bond acceptors (Lipinski definition) is 8. The fourth-order valence-electron chi connectivity index (χ4n) is 3.05. The summed E-state index contributed by atoms with van der Waals surface area (Å²) in [5, 5.41) is 0. The molecular weight excluding hydrogens is 423 g/mol. The Kier molecular flexibility index (Phi) is 6.03. The highest BCUT2D eigenvalue weighted by molar-refractivity contribution is 7.90. The van der Waals surface area contributed by atoms with Gasteiger partial charge in [0.25, 0.3) is 0 Å². The average molecular weight is 447 g/mol. The van der Waals surface area contributed by atoms with Crippen LogP contribution in [-0.4, -0.2) is 31.8 Å². The summed E-state index contributed by atoms with van der Waals surface area (Å²) < 4.78 is 49.3. The first-order valence-corrected chi connectivity index (χ1v) is 11.2. The number of halogens is 1. The summed E-state index contributed by atoms with van der Waals surface area (Å²) in [5.74, 6) is -0.0529. The number of rotatable bonds is 6. The van der Waals surface area contributed by atoms with Gasteiger partial charge in [-0.1, -0.05) is 13.8 Å². The molecule has 0 saturated carbocycles. The number of ether oxygens (including phenoxy) is 2. The van der Waals surface area contributed by atoms with Gasteiger partial charge in [0.15, 0.2) is 21.4 Å². The SMILES string of the molecule is COc1cc(C(C)C)c(Oc2c(N)nc(N)nc2-c2ccc(F)cc2)cc1S(C)(=O)=O. The first-order valence-electron chi connectivity index (χ1n) is 9.30. The molecule has 0 fully saturated rings. The third-order valence-electron chi connectivity index (χ3n) is 4.56. The predicted molar refractivity (Wildman–Crippen MR) is 117 cm³/mol. The fourth-order valence-corrected chi connectivity index (χ4v) is 3.87. The summed E-state index contributed by atoms with van der Waals surface area (Å²) in [5.41, 5.74) is 13.3. The molecule has 0 aliphatic rings. The van der Waals surface area contributed by atoms with Crippen LogP contribution in [0.1, 0.15) is 25.3 Å². The Morgan fingerprint density at radius 3 is 2.23 bits per heavy atom. The molecule has 0 atom stereocenters. The van der Waals surface area contributed by atoms with E-state index >= 15 is 0 Å². The van der Waals surface area contributed by atoms with E-state index in [1.807, 2.05) is 13.8 Å². The molecule has 3 rings (SSSR count). The van der Waals surface area contributed by atoms with Gasteiger partial charge >= 0.3 is 0 Å². The number of nitrogen functional groups attached to an aromatic ring is 2. The third kappa shape index (κ3) is 4.69. The number of nitrogens with two attached hydrogens (primary N) is 2. The van der Waals surface area contributed by atoms with Crippen molar-refractivity contribution in [3.63, 3.8) is 0 Å². The van der Waals surface area contributed by atoms with E-state index in [2.05, 4.69) is 9.97 Å². The molecule has 164 valence electrons. The zero-order valence-corrected chi connectivity index (χ0v) is 18.3. The molecule has 0 unspecified atom stereocenters. The largest absolute Gasteiger partial charge is 0.495 e. The van der Waals surface area contributed by atoms with Crippen LogP contribution in [0.4, 0.5) is 16.2 Å². The lowest BCUT2D eigenvalue weighted by Crippen LogP contribution is -2.07. The average Bonchev–Trinajstić information content (AvgIpc) is 2.69. The van der Waals surface area contributed by atoms with E-state index in [1.165, 1.54) is 37.4 Å². The van der Waals surface area contributed by atoms with Crippen LogP contribution < -0.4 is 20.9 Å². The molecule has 8 nitrogen and oxygen atoms in total. The number of benzene rings is 2. The van der Waals surface area contributed by atoms with Gasteiger partial charge in [-0.25, -0.2) is 17.8 Å². The summed E-state index contributed by atoms with van der Waals surface area (Å²) in [6.07, 6.45) is 1.08. The van der Waals surface area contributed by atoms with E-state index in [0.717, 1.165) is 6.26 Å². The molecule has 0 aliphatic heterocycles. The topological polar surface area (TPSA) is 130 Å². The van der Waals surface area contributed by atoms with Crippen molar-refractivity contribution in [3.8, 4) is 28.5 Å². The van der Waals surface area contributed by atoms with E-state index in [-0.39, 0.29) is 45.5 Å². The second-order valence-corrected chi connectivity index (χ2v) is 9.21. The van der Waals surface area contributed by atoms with Crippen molar-refractivity contribution in [2.45, 2.75) is 24.7 Å². The van der Waals surface area contributed by atoms with Crippen molar-refractivity contribution in [2.75, 3.05) is 24.8 Å². The number of methoxy groups -OCH3 is 1. The molecule has 0 saturated heterocycles. The van der Waals surface area contributed by atoms with Crippen molar-refractivity contribution in [3.05, 3.63) is 47.8 Å². The second kappa shape index (κ2) is 8.38. The van der Waals surface area contributed by atoms with Crippen LogP contribution in [0.2, 0.25) is 0 Å². The number of sulfone groups is 1. The fraction of sp³-hybridized carbons (Fsp3) is 0.238. The van der Waals surface area contributed by atoms with Crippen LogP contribution in [0.25, 0.3) is 11.3 Å². The molecular formula is C21H23FN4O4S. The van der Waals surface area contributed by atoms with Crippen LogP contribution in [-0.2, 0) is 9.84 Å². The molecule has 3 aromatic rings. The quantitative estimate of drug-likeness (QED) is 0.585. The molecule has 0 spiro atoms. The van der Waals surface area contributed by atoms with Crippen LogP contribution in [0.5, 0.6) is 17.2 Å². The monoisotopic (exact) mass is 446 g/mol. The molecule has 0 bridgehead atoms. The van der Waals surface area contributed by atoms with Gasteiger partial charge in [0.1, 0.15) is 27.9 Å². The minimum Gasteiger partial charge on any atom is -0.495 e. The van der Waals surface area contributed by atoms with Crippen LogP contribution in [0.3, 0.4) is 0 Å². The molecule has 1 heterocycles. The summed E-state index contributed by atoms with van der Waals surface area (Å²) in [4.78, 5) is 8.13. The molecule has 31 heavy (non-hydrogen) atoms. The molecule has 4 N–H and O–H groups in total. The van der Waals surface area contributed by atoms with E-state index in [0.29, 0.717) is 11.1 Å². The van der Waals surface area contributed by atoms with Crippen LogP contribution >= 0.6 is 0 Å². The minimum atomic E-state index is -3.62. The van der Waals surface area contributed by atoms with Gasteiger partial charge in [0, 0.05) is 23.4 Å². The van der Waals surface area contributed by atoms with Gasteiger partial charge in [-0.15, -0.1) is 0 Å². The van der Waals surface area contributed by atoms with Crippen molar-refractivity contribution in [1.29, 1.82) is 0 Å². The molecule has 0 aliphatic carbocycles. The normalized spacial score (nSPS) is 11.5. The Labute approximate surface area is 180 Å². The maximum atomic E-state index is 13.4. The van der Waals surface area contributed by atoms with Crippen molar-refractivity contribution in [1.82, 2.24) is 9.97 Å². The van der Waals surface area contributed by atoms with Crippen molar-refractivity contribution < 1.29 is 22.3 Å². The predicted octanol–water partition coefficient (Wildman–Crippen LogP) is 3.77. The van der Waals surface area contributed by atoms with E-state index in [1.54, 1.807) is 6.07 Å². The Hall–Kier alpha value is -3.40. The number of nitrogens with zero attached hydrogens (tertiary/aromatic N) is 2. The summed E-state index contributed by atoms with van der Waals surface area (Å²) >= 11 is 0. The Bertz CT molecular complexity index is 1230. The molecule has 0 radical (unpaired) electrons. The highest BCUT2D eigenvalue weighted by atomic mass is 32.2. The van der Waals surface area contributed by atoms with Gasteiger partial charge in [-0.2, -0.15) is 4.98 Å². The standard InChI is InChI=1S/C21H23FN4O4S/c1-11(2)14-9-16(29-3)17(31(4,27)28)10-15(14)30-19-18(25-21(24)26-20(19)23)12-5-7-13(22)8-6-12/h5-11H,1-4H3,(H4,23,24,25,26). The van der Waals surface area contributed by atoms with Crippen LogP contribution in [0, 0.1) is 5.82 Å². The maximum absolute atomic E-state index is 13.4. The highest BCUT2D eigenvalue weighted by Gasteiger charge is 2.23. The summed E-state index contributed by atoms with van der Waals surface area (Å²) in [6, 6.07) is 8.53.